The molecule has 0 aromatic carbocycles. The van der Waals surface area contributed by atoms with Crippen LogP contribution in [0.5, 0.6) is 0 Å². The Morgan fingerprint density at radius 3 is 2.65 bits per heavy atom. The van der Waals surface area contributed by atoms with Crippen molar-refractivity contribution in [2.75, 3.05) is 37.7 Å². The second-order valence-corrected chi connectivity index (χ2v) is 4.85. The molecule has 4 N–H and O–H groups in total. The Morgan fingerprint density at radius 2 is 2.05 bits per heavy atom. The third-order valence-corrected chi connectivity index (χ3v) is 3.31. The molecule has 0 saturated heterocycles. The molecule has 1 aromatic rings. The number of unbranched alkanes of at least 4 members (excludes halogenated alkanes) is 1. The van der Waals surface area contributed by atoms with E-state index >= 15 is 0 Å². The molecular weight excluding hydrogens is 258 g/mol. The molecule has 114 valence electrons. The minimum atomic E-state index is -0.459. The fourth-order valence-electron chi connectivity index (χ4n) is 1.83. The Hall–Kier alpha value is -1.76. The number of aromatic nitrogens is 2. The van der Waals surface area contributed by atoms with E-state index in [1.807, 2.05) is 14.0 Å². The fraction of sp³-hybridized carbons (Fsp3) is 0.692. The maximum absolute atomic E-state index is 11.8. The molecule has 20 heavy (non-hydrogen) atoms. The summed E-state index contributed by atoms with van der Waals surface area (Å²) < 4.78 is 1.41. The number of H-pyrrole nitrogens is 1. The second kappa shape index (κ2) is 7.74. The molecule has 0 atom stereocenters. The molecule has 1 heterocycles. The summed E-state index contributed by atoms with van der Waals surface area (Å²) in [5.41, 5.74) is 5.32. The molecule has 0 bridgehead atoms. The van der Waals surface area contributed by atoms with E-state index in [0.29, 0.717) is 13.1 Å². The van der Waals surface area contributed by atoms with Crippen molar-refractivity contribution in [2.45, 2.75) is 33.2 Å². The third kappa shape index (κ3) is 4.12. The molecule has 0 aliphatic heterocycles. The number of nitrogens with two attached hydrogens (primary N) is 1. The van der Waals surface area contributed by atoms with Gasteiger partial charge in [0.05, 0.1) is 0 Å². The first kappa shape index (κ1) is 16.3. The van der Waals surface area contributed by atoms with Gasteiger partial charge in [-0.1, -0.05) is 20.3 Å². The molecule has 1 rings (SSSR count). The predicted molar refractivity (Wildman–Crippen MR) is 82.3 cm³/mol. The van der Waals surface area contributed by atoms with Gasteiger partial charge in [0.15, 0.2) is 0 Å². The number of hydrogen-bond acceptors (Lipinski definition) is 5. The van der Waals surface area contributed by atoms with Gasteiger partial charge in [-0.25, -0.2) is 4.79 Å². The minimum absolute atomic E-state index is 0.214. The van der Waals surface area contributed by atoms with Crippen molar-refractivity contribution in [1.82, 2.24) is 14.5 Å². The summed E-state index contributed by atoms with van der Waals surface area (Å²) in [6.07, 6.45) is 1.79. The Labute approximate surface area is 118 Å². The van der Waals surface area contributed by atoms with Crippen molar-refractivity contribution in [1.29, 1.82) is 0 Å². The van der Waals surface area contributed by atoms with Crippen molar-refractivity contribution in [2.24, 2.45) is 0 Å². The van der Waals surface area contributed by atoms with Crippen molar-refractivity contribution in [3.8, 4) is 0 Å². The van der Waals surface area contributed by atoms with Gasteiger partial charge in [0.25, 0.3) is 5.56 Å². The predicted octanol–water partition coefficient (Wildman–Crippen LogP) is 0.283. The molecule has 0 fully saturated rings. The van der Waals surface area contributed by atoms with Crippen LogP contribution in [0.15, 0.2) is 9.59 Å². The molecule has 0 saturated carbocycles. The highest BCUT2D eigenvalue weighted by molar-refractivity contribution is 5.60. The van der Waals surface area contributed by atoms with Crippen LogP contribution in [0.1, 0.15) is 26.7 Å². The van der Waals surface area contributed by atoms with E-state index in [9.17, 15) is 9.59 Å². The lowest BCUT2D eigenvalue weighted by atomic mass is 10.3. The molecule has 7 nitrogen and oxygen atoms in total. The number of hydrogen-bond donors (Lipinski definition) is 3. The number of likely N-dealkylation sites (N-methyl/N-ethyl adjacent to an activating group) is 1. The average molecular weight is 283 g/mol. The van der Waals surface area contributed by atoms with Crippen molar-refractivity contribution >= 4 is 11.5 Å². The SMILES string of the molecule is CCCCn1c(N)c(NCCN(C)CC)c(=O)[nH]c1=O. The van der Waals surface area contributed by atoms with Crippen molar-refractivity contribution in [3.05, 3.63) is 20.8 Å². The quantitative estimate of drug-likeness (QED) is 0.637. The highest BCUT2D eigenvalue weighted by atomic mass is 16.2. The topological polar surface area (TPSA) is 96.2 Å². The van der Waals surface area contributed by atoms with Crippen LogP contribution >= 0.6 is 0 Å². The van der Waals surface area contributed by atoms with Gasteiger partial charge in [0.2, 0.25) is 0 Å². The van der Waals surface area contributed by atoms with Crippen LogP contribution in [-0.2, 0) is 6.54 Å². The van der Waals surface area contributed by atoms with Crippen LogP contribution in [0.25, 0.3) is 0 Å². The standard InChI is InChI=1S/C13H25N5O2/c1-4-6-8-18-11(14)10(12(19)16-13(18)20)15-7-9-17(3)5-2/h15H,4-9,14H2,1-3H3,(H,16,19,20). The van der Waals surface area contributed by atoms with E-state index in [-0.39, 0.29) is 11.5 Å². The number of rotatable bonds is 8. The van der Waals surface area contributed by atoms with Gasteiger partial charge in [-0.05, 0) is 20.0 Å². The van der Waals surface area contributed by atoms with Gasteiger partial charge in [0.1, 0.15) is 11.5 Å². The highest BCUT2D eigenvalue weighted by Crippen LogP contribution is 2.10. The van der Waals surface area contributed by atoms with E-state index in [2.05, 4.69) is 22.1 Å². The lowest BCUT2D eigenvalue weighted by Crippen LogP contribution is -2.35. The summed E-state index contributed by atoms with van der Waals surface area (Å²) in [5, 5.41) is 3.02. The number of anilines is 2. The first-order chi connectivity index (χ1) is 9.51. The smallest absolute Gasteiger partial charge is 0.330 e. The van der Waals surface area contributed by atoms with Crippen LogP contribution in [0.2, 0.25) is 0 Å². The maximum atomic E-state index is 11.8. The van der Waals surface area contributed by atoms with Crippen molar-refractivity contribution in [3.63, 3.8) is 0 Å². The molecule has 0 spiro atoms. The molecule has 0 radical (unpaired) electrons. The molecular formula is C13H25N5O2. The van der Waals surface area contributed by atoms with E-state index in [4.69, 9.17) is 5.73 Å². The van der Waals surface area contributed by atoms with Crippen LogP contribution in [0, 0.1) is 0 Å². The molecule has 0 aliphatic carbocycles. The zero-order chi connectivity index (χ0) is 15.1. The van der Waals surface area contributed by atoms with Gasteiger partial charge < -0.3 is 16.0 Å². The lowest BCUT2D eigenvalue weighted by molar-refractivity contribution is 0.367. The molecule has 0 unspecified atom stereocenters. The van der Waals surface area contributed by atoms with Gasteiger partial charge >= 0.3 is 5.69 Å². The van der Waals surface area contributed by atoms with Crippen LogP contribution in [0.4, 0.5) is 11.5 Å². The minimum Gasteiger partial charge on any atom is -0.383 e. The Kier molecular flexibility index (Phi) is 6.30. The third-order valence-electron chi connectivity index (χ3n) is 3.31. The summed E-state index contributed by atoms with van der Waals surface area (Å²) in [6.45, 7) is 6.94. The zero-order valence-electron chi connectivity index (χ0n) is 12.5. The van der Waals surface area contributed by atoms with E-state index in [1.54, 1.807) is 0 Å². The molecule has 0 amide bonds. The van der Waals surface area contributed by atoms with E-state index < -0.39 is 11.2 Å². The molecule has 0 aliphatic rings. The Morgan fingerprint density at radius 1 is 1.35 bits per heavy atom. The van der Waals surface area contributed by atoms with E-state index in [1.165, 1.54) is 4.57 Å². The summed E-state index contributed by atoms with van der Waals surface area (Å²) >= 11 is 0. The summed E-state index contributed by atoms with van der Waals surface area (Å²) in [7, 11) is 2.00. The Balaban J connectivity index is 2.90. The number of nitrogen functional groups attached to an aromatic ring is 1. The maximum Gasteiger partial charge on any atom is 0.330 e. The second-order valence-electron chi connectivity index (χ2n) is 4.85. The van der Waals surface area contributed by atoms with Crippen LogP contribution in [0.3, 0.4) is 0 Å². The van der Waals surface area contributed by atoms with Crippen LogP contribution in [-0.4, -0.2) is 41.1 Å². The van der Waals surface area contributed by atoms with Crippen LogP contribution < -0.4 is 22.3 Å². The Bertz CT molecular complexity index is 535. The highest BCUT2D eigenvalue weighted by Gasteiger charge is 2.11. The number of aromatic amines is 1. The van der Waals surface area contributed by atoms with Gasteiger partial charge in [-0.15, -0.1) is 0 Å². The normalized spacial score (nSPS) is 11.0. The number of nitrogens with one attached hydrogen (secondary N) is 2. The number of nitrogens with zero attached hydrogens (tertiary/aromatic N) is 2. The average Bonchev–Trinajstić information content (AvgIpc) is 2.41. The summed E-state index contributed by atoms with van der Waals surface area (Å²) in [6, 6.07) is 0. The lowest BCUT2D eigenvalue weighted by Gasteiger charge is -2.16. The zero-order valence-corrected chi connectivity index (χ0v) is 12.5. The summed E-state index contributed by atoms with van der Waals surface area (Å²) in [5.74, 6) is 0.214. The first-order valence-corrected chi connectivity index (χ1v) is 7.06. The largest absolute Gasteiger partial charge is 0.383 e. The molecule has 1 aromatic heterocycles. The van der Waals surface area contributed by atoms with Gasteiger partial charge in [-0.3, -0.25) is 14.3 Å². The fourth-order valence-corrected chi connectivity index (χ4v) is 1.83. The van der Waals surface area contributed by atoms with Crippen molar-refractivity contribution < 1.29 is 0 Å². The van der Waals surface area contributed by atoms with E-state index in [0.717, 1.165) is 25.9 Å². The monoisotopic (exact) mass is 283 g/mol. The van der Waals surface area contributed by atoms with Gasteiger partial charge in [0, 0.05) is 19.6 Å². The molecule has 7 heteroatoms. The summed E-state index contributed by atoms with van der Waals surface area (Å²) in [4.78, 5) is 28.0. The van der Waals surface area contributed by atoms with Gasteiger partial charge in [-0.2, -0.15) is 0 Å². The first-order valence-electron chi connectivity index (χ1n) is 7.06.